The highest BCUT2D eigenvalue weighted by Crippen LogP contribution is 2.20. The second-order valence-electron chi connectivity index (χ2n) is 4.80. The van der Waals surface area contributed by atoms with Gasteiger partial charge in [-0.25, -0.2) is 4.39 Å². The van der Waals surface area contributed by atoms with E-state index in [0.29, 0.717) is 16.6 Å². The zero-order chi connectivity index (χ0) is 13.8. The maximum Gasteiger partial charge on any atom is 0.254 e. The Labute approximate surface area is 120 Å². The molecule has 1 amide bonds. The minimum absolute atomic E-state index is 0.113. The van der Waals surface area contributed by atoms with Gasteiger partial charge in [-0.3, -0.25) is 4.79 Å². The first-order chi connectivity index (χ1) is 9.08. The molecule has 0 saturated carbocycles. The maximum absolute atomic E-state index is 13.0. The van der Waals surface area contributed by atoms with Crippen molar-refractivity contribution >= 4 is 21.8 Å². The molecule has 0 N–H and O–H groups in total. The number of hydrogen-bond acceptors (Lipinski definition) is 2. The minimum Gasteiger partial charge on any atom is -0.376 e. The number of likely N-dealkylation sites (N-methyl/N-ethyl adjacent to an activating group) is 1. The van der Waals surface area contributed by atoms with Crippen molar-refractivity contribution in [1.29, 1.82) is 0 Å². The van der Waals surface area contributed by atoms with E-state index < -0.39 is 0 Å². The number of benzene rings is 1. The van der Waals surface area contributed by atoms with Crippen LogP contribution in [0.2, 0.25) is 0 Å². The predicted octanol–water partition coefficient (Wildman–Crippen LogP) is 3.23. The van der Waals surface area contributed by atoms with E-state index in [1.807, 2.05) is 0 Å². The summed E-state index contributed by atoms with van der Waals surface area (Å²) in [5.74, 6) is -0.484. The van der Waals surface area contributed by atoms with Gasteiger partial charge in [0.25, 0.3) is 5.91 Å². The predicted molar refractivity (Wildman–Crippen MR) is 74.7 cm³/mol. The second-order valence-corrected chi connectivity index (χ2v) is 5.65. The lowest BCUT2D eigenvalue weighted by atomic mass is 10.1. The molecule has 1 saturated heterocycles. The highest BCUT2D eigenvalue weighted by molar-refractivity contribution is 9.10. The van der Waals surface area contributed by atoms with Crippen molar-refractivity contribution in [2.45, 2.75) is 25.4 Å². The molecule has 0 aliphatic carbocycles. The Kier molecular flexibility index (Phi) is 4.93. The lowest BCUT2D eigenvalue weighted by molar-refractivity contribution is -0.000205. The van der Waals surface area contributed by atoms with Crippen LogP contribution in [0, 0.1) is 5.82 Å². The Morgan fingerprint density at radius 3 is 2.95 bits per heavy atom. The number of rotatable bonds is 3. The van der Waals surface area contributed by atoms with E-state index in [9.17, 15) is 9.18 Å². The fourth-order valence-electron chi connectivity index (χ4n) is 2.21. The molecule has 104 valence electrons. The number of hydrogen-bond donors (Lipinski definition) is 0. The SMILES string of the molecule is CN(CC1CCCCO1)C(=O)c1ccc(F)cc1Br. The number of carbonyl (C=O) groups excluding carboxylic acids is 1. The van der Waals surface area contributed by atoms with Crippen LogP contribution in [-0.4, -0.2) is 37.1 Å². The molecule has 3 nitrogen and oxygen atoms in total. The summed E-state index contributed by atoms with van der Waals surface area (Å²) in [6.07, 6.45) is 3.34. The molecule has 0 aromatic heterocycles. The molecular formula is C14H17BrFNO2. The Balaban J connectivity index is 2.01. The zero-order valence-electron chi connectivity index (χ0n) is 10.9. The third-order valence-corrected chi connectivity index (χ3v) is 3.92. The number of amides is 1. The van der Waals surface area contributed by atoms with Gasteiger partial charge >= 0.3 is 0 Å². The van der Waals surface area contributed by atoms with E-state index in [1.54, 1.807) is 11.9 Å². The third kappa shape index (κ3) is 3.76. The second kappa shape index (κ2) is 6.48. The molecule has 1 aliphatic rings. The van der Waals surface area contributed by atoms with Crippen LogP contribution in [0.1, 0.15) is 29.6 Å². The molecule has 0 spiro atoms. The van der Waals surface area contributed by atoms with E-state index in [-0.39, 0.29) is 17.8 Å². The summed E-state index contributed by atoms with van der Waals surface area (Å²) < 4.78 is 19.1. The lowest BCUT2D eigenvalue weighted by Gasteiger charge is -2.27. The van der Waals surface area contributed by atoms with Crippen molar-refractivity contribution in [2.75, 3.05) is 20.2 Å². The van der Waals surface area contributed by atoms with Gasteiger partial charge in [-0.2, -0.15) is 0 Å². The first-order valence-electron chi connectivity index (χ1n) is 6.40. The summed E-state index contributed by atoms with van der Waals surface area (Å²) in [5.41, 5.74) is 0.472. The van der Waals surface area contributed by atoms with Crippen LogP contribution >= 0.6 is 15.9 Å². The van der Waals surface area contributed by atoms with Gasteiger partial charge in [-0.15, -0.1) is 0 Å². The van der Waals surface area contributed by atoms with Crippen LogP contribution in [0.25, 0.3) is 0 Å². The van der Waals surface area contributed by atoms with Gasteiger partial charge in [0, 0.05) is 24.7 Å². The van der Waals surface area contributed by atoms with Crippen LogP contribution < -0.4 is 0 Å². The third-order valence-electron chi connectivity index (χ3n) is 3.26. The molecule has 2 rings (SSSR count). The van der Waals surface area contributed by atoms with E-state index in [0.717, 1.165) is 25.9 Å². The van der Waals surface area contributed by atoms with E-state index in [1.165, 1.54) is 18.2 Å². The van der Waals surface area contributed by atoms with E-state index in [2.05, 4.69) is 15.9 Å². The molecule has 1 aliphatic heterocycles. The van der Waals surface area contributed by atoms with Crippen LogP contribution in [0.15, 0.2) is 22.7 Å². The van der Waals surface area contributed by atoms with Gasteiger partial charge in [0.2, 0.25) is 0 Å². The number of ether oxygens (including phenoxy) is 1. The van der Waals surface area contributed by atoms with Gasteiger partial charge in [0.1, 0.15) is 5.82 Å². The fourth-order valence-corrected chi connectivity index (χ4v) is 2.73. The average molecular weight is 330 g/mol. The van der Waals surface area contributed by atoms with Crippen LogP contribution in [0.5, 0.6) is 0 Å². The Morgan fingerprint density at radius 2 is 2.32 bits per heavy atom. The Morgan fingerprint density at radius 1 is 1.53 bits per heavy atom. The lowest BCUT2D eigenvalue weighted by Crippen LogP contribution is -2.37. The maximum atomic E-state index is 13.0. The topological polar surface area (TPSA) is 29.5 Å². The standard InChI is InChI=1S/C14H17BrFNO2/c1-17(9-11-4-2-3-7-19-11)14(18)12-6-5-10(16)8-13(12)15/h5-6,8,11H,2-4,7,9H2,1H3. The normalized spacial score (nSPS) is 19.2. The first kappa shape index (κ1) is 14.5. The van der Waals surface area contributed by atoms with Gasteiger partial charge < -0.3 is 9.64 Å². The molecule has 19 heavy (non-hydrogen) atoms. The van der Waals surface area contributed by atoms with E-state index in [4.69, 9.17) is 4.74 Å². The number of carbonyl (C=O) groups is 1. The van der Waals surface area contributed by atoms with E-state index >= 15 is 0 Å². The average Bonchev–Trinajstić information content (AvgIpc) is 2.39. The Bertz CT molecular complexity index is 461. The first-order valence-corrected chi connectivity index (χ1v) is 7.19. The molecule has 1 aromatic rings. The van der Waals surface area contributed by atoms with Gasteiger partial charge in [-0.05, 0) is 53.4 Å². The molecule has 1 fully saturated rings. The molecular weight excluding hydrogens is 313 g/mol. The quantitative estimate of drug-likeness (QED) is 0.852. The smallest absolute Gasteiger partial charge is 0.254 e. The molecule has 1 heterocycles. The van der Waals surface area contributed by atoms with Crippen molar-refractivity contribution in [1.82, 2.24) is 4.90 Å². The molecule has 1 unspecified atom stereocenters. The van der Waals surface area contributed by atoms with Crippen molar-refractivity contribution in [3.8, 4) is 0 Å². The minimum atomic E-state index is -0.360. The van der Waals surface area contributed by atoms with Crippen LogP contribution in [0.4, 0.5) is 4.39 Å². The summed E-state index contributed by atoms with van der Waals surface area (Å²) in [6.45, 7) is 1.34. The van der Waals surface area contributed by atoms with Crippen molar-refractivity contribution in [3.05, 3.63) is 34.1 Å². The molecule has 0 bridgehead atoms. The summed E-state index contributed by atoms with van der Waals surface area (Å²) in [5, 5.41) is 0. The van der Waals surface area contributed by atoms with Gasteiger partial charge in [-0.1, -0.05) is 0 Å². The number of nitrogens with zero attached hydrogens (tertiary/aromatic N) is 1. The van der Waals surface area contributed by atoms with Crippen molar-refractivity contribution in [3.63, 3.8) is 0 Å². The van der Waals surface area contributed by atoms with Gasteiger partial charge in [0.05, 0.1) is 11.7 Å². The zero-order valence-corrected chi connectivity index (χ0v) is 12.5. The van der Waals surface area contributed by atoms with Crippen LogP contribution in [0.3, 0.4) is 0 Å². The summed E-state index contributed by atoms with van der Waals surface area (Å²) in [6, 6.07) is 4.10. The molecule has 0 radical (unpaired) electrons. The number of halogens is 2. The summed E-state index contributed by atoms with van der Waals surface area (Å²) in [7, 11) is 1.75. The van der Waals surface area contributed by atoms with Crippen LogP contribution in [-0.2, 0) is 4.74 Å². The van der Waals surface area contributed by atoms with Gasteiger partial charge in [0.15, 0.2) is 0 Å². The van der Waals surface area contributed by atoms with Crippen molar-refractivity contribution in [2.24, 2.45) is 0 Å². The molecule has 5 heteroatoms. The molecule has 1 atom stereocenters. The van der Waals surface area contributed by atoms with Crippen molar-refractivity contribution < 1.29 is 13.9 Å². The summed E-state index contributed by atoms with van der Waals surface area (Å²) >= 11 is 3.22. The summed E-state index contributed by atoms with van der Waals surface area (Å²) in [4.78, 5) is 13.9. The monoisotopic (exact) mass is 329 g/mol. The highest BCUT2D eigenvalue weighted by atomic mass is 79.9. The Hall–Kier alpha value is -0.940. The fraction of sp³-hybridized carbons (Fsp3) is 0.500. The highest BCUT2D eigenvalue weighted by Gasteiger charge is 2.21. The molecule has 1 aromatic carbocycles. The largest absolute Gasteiger partial charge is 0.376 e.